The van der Waals surface area contributed by atoms with Gasteiger partial charge in [0.05, 0.1) is 15.3 Å². The highest BCUT2D eigenvalue weighted by Crippen LogP contribution is 2.22. The maximum atomic E-state index is 13.5. The summed E-state index contributed by atoms with van der Waals surface area (Å²) in [5, 5.41) is 1.80. The van der Waals surface area contributed by atoms with Crippen LogP contribution < -0.4 is 0 Å². The average molecular weight is 459 g/mol. The third-order valence-corrected chi connectivity index (χ3v) is 7.87. The Morgan fingerprint density at radius 2 is 1.58 bits per heavy atom. The zero-order chi connectivity index (χ0) is 22.0. The van der Waals surface area contributed by atoms with Crippen LogP contribution >= 0.6 is 11.3 Å². The number of carbonyl (C=O) groups excluding carboxylic acids is 2. The summed E-state index contributed by atoms with van der Waals surface area (Å²) in [6, 6.07) is 15.0. The SMILES string of the molecule is O=C(c1cccs1)c1ccccc1C(=O)N1CCN(S(=O)(=O)c2cccc(F)c2)CC1. The van der Waals surface area contributed by atoms with Crippen molar-refractivity contribution in [2.75, 3.05) is 26.2 Å². The van der Waals surface area contributed by atoms with E-state index in [0.717, 1.165) is 6.07 Å². The Balaban J connectivity index is 1.50. The molecule has 31 heavy (non-hydrogen) atoms. The minimum Gasteiger partial charge on any atom is -0.336 e. The fourth-order valence-electron chi connectivity index (χ4n) is 3.49. The Hall–Kier alpha value is -2.88. The van der Waals surface area contributed by atoms with Gasteiger partial charge in [-0.1, -0.05) is 30.3 Å². The molecule has 1 amide bonds. The summed E-state index contributed by atoms with van der Waals surface area (Å²) in [6.07, 6.45) is 0. The number of thiophene rings is 1. The van der Waals surface area contributed by atoms with Crippen LogP contribution in [0.3, 0.4) is 0 Å². The van der Waals surface area contributed by atoms with E-state index >= 15 is 0 Å². The molecule has 2 heterocycles. The predicted octanol–water partition coefficient (Wildman–Crippen LogP) is 3.26. The van der Waals surface area contributed by atoms with Crippen LogP contribution in [0.25, 0.3) is 0 Å². The summed E-state index contributed by atoms with van der Waals surface area (Å²) >= 11 is 1.31. The maximum Gasteiger partial charge on any atom is 0.254 e. The van der Waals surface area contributed by atoms with Crippen molar-refractivity contribution in [1.82, 2.24) is 9.21 Å². The number of halogens is 1. The van der Waals surface area contributed by atoms with Gasteiger partial charge in [-0.3, -0.25) is 9.59 Å². The normalized spacial score (nSPS) is 15.1. The fourth-order valence-corrected chi connectivity index (χ4v) is 5.62. The molecule has 0 radical (unpaired) electrons. The maximum absolute atomic E-state index is 13.5. The Bertz CT molecular complexity index is 1220. The standard InChI is InChI=1S/C22H19FN2O4S2/c23-16-5-3-6-17(15-16)31(28,29)25-12-10-24(11-13-25)22(27)19-8-2-1-7-18(19)21(26)20-9-4-14-30-20/h1-9,14-15H,10-13H2. The number of ketones is 1. The monoisotopic (exact) mass is 458 g/mol. The van der Waals surface area contributed by atoms with Crippen molar-refractivity contribution in [2.24, 2.45) is 0 Å². The van der Waals surface area contributed by atoms with Crippen LogP contribution in [0.4, 0.5) is 4.39 Å². The van der Waals surface area contributed by atoms with Crippen molar-refractivity contribution >= 4 is 33.1 Å². The van der Waals surface area contributed by atoms with Crippen LogP contribution in [-0.4, -0.2) is 55.5 Å². The largest absolute Gasteiger partial charge is 0.336 e. The first-order chi connectivity index (χ1) is 14.9. The minimum atomic E-state index is -3.85. The van der Waals surface area contributed by atoms with Crippen LogP contribution in [-0.2, 0) is 10.0 Å². The van der Waals surface area contributed by atoms with Crippen molar-refractivity contribution in [3.8, 4) is 0 Å². The smallest absolute Gasteiger partial charge is 0.254 e. The lowest BCUT2D eigenvalue weighted by molar-refractivity contribution is 0.0694. The molecule has 0 spiro atoms. The Kier molecular flexibility index (Phi) is 5.99. The number of rotatable bonds is 5. The Labute approximate surface area is 183 Å². The molecule has 1 saturated heterocycles. The number of hydrogen-bond donors (Lipinski definition) is 0. The summed E-state index contributed by atoms with van der Waals surface area (Å²) < 4.78 is 40.3. The highest BCUT2D eigenvalue weighted by molar-refractivity contribution is 7.89. The first-order valence-electron chi connectivity index (χ1n) is 9.60. The molecule has 0 saturated carbocycles. The van der Waals surface area contributed by atoms with E-state index in [4.69, 9.17) is 0 Å². The van der Waals surface area contributed by atoms with Gasteiger partial charge in [0.25, 0.3) is 5.91 Å². The summed E-state index contributed by atoms with van der Waals surface area (Å²) in [4.78, 5) is 27.9. The minimum absolute atomic E-state index is 0.0889. The van der Waals surface area contributed by atoms with E-state index in [-0.39, 0.29) is 42.8 Å². The number of nitrogens with zero attached hydrogens (tertiary/aromatic N) is 2. The first-order valence-corrected chi connectivity index (χ1v) is 11.9. The van der Waals surface area contributed by atoms with Gasteiger partial charge >= 0.3 is 0 Å². The summed E-state index contributed by atoms with van der Waals surface area (Å²) in [7, 11) is -3.85. The van der Waals surface area contributed by atoms with Gasteiger partial charge in [-0.05, 0) is 35.7 Å². The van der Waals surface area contributed by atoms with Crippen molar-refractivity contribution < 1.29 is 22.4 Å². The first kappa shape index (κ1) is 21.4. The second kappa shape index (κ2) is 8.70. The Morgan fingerprint density at radius 3 is 2.23 bits per heavy atom. The van der Waals surface area contributed by atoms with E-state index in [0.29, 0.717) is 16.0 Å². The number of sulfonamides is 1. The third kappa shape index (κ3) is 4.30. The highest BCUT2D eigenvalue weighted by atomic mass is 32.2. The number of hydrogen-bond acceptors (Lipinski definition) is 5. The molecule has 1 fully saturated rings. The van der Waals surface area contributed by atoms with Gasteiger partial charge in [0.2, 0.25) is 15.8 Å². The van der Waals surface area contributed by atoms with Gasteiger partial charge in [-0.25, -0.2) is 12.8 Å². The lowest BCUT2D eigenvalue weighted by atomic mass is 10.0. The van der Waals surface area contributed by atoms with E-state index in [9.17, 15) is 22.4 Å². The molecule has 1 aliphatic heterocycles. The number of piperazine rings is 1. The Morgan fingerprint density at radius 1 is 0.871 bits per heavy atom. The van der Waals surface area contributed by atoms with Gasteiger partial charge < -0.3 is 4.90 Å². The van der Waals surface area contributed by atoms with Crippen molar-refractivity contribution in [3.63, 3.8) is 0 Å². The van der Waals surface area contributed by atoms with Gasteiger partial charge in [-0.2, -0.15) is 4.31 Å². The quantitative estimate of drug-likeness (QED) is 0.550. The molecule has 1 aromatic heterocycles. The van der Waals surface area contributed by atoms with E-state index in [1.165, 1.54) is 38.7 Å². The van der Waals surface area contributed by atoms with Crippen LogP contribution in [0.1, 0.15) is 25.6 Å². The van der Waals surface area contributed by atoms with E-state index in [1.807, 2.05) is 0 Å². The number of amides is 1. The van der Waals surface area contributed by atoms with E-state index < -0.39 is 15.8 Å². The molecular weight excluding hydrogens is 439 g/mol. The molecule has 0 N–H and O–H groups in total. The number of benzene rings is 2. The third-order valence-electron chi connectivity index (χ3n) is 5.11. The number of carbonyl (C=O) groups is 2. The van der Waals surface area contributed by atoms with E-state index in [1.54, 1.807) is 41.8 Å². The van der Waals surface area contributed by atoms with Crippen molar-refractivity contribution in [2.45, 2.75) is 4.90 Å². The van der Waals surface area contributed by atoms with Gasteiger partial charge in [0, 0.05) is 31.7 Å². The fraction of sp³-hybridized carbons (Fsp3) is 0.182. The van der Waals surface area contributed by atoms with Crippen LogP contribution in [0.2, 0.25) is 0 Å². The molecule has 6 nitrogen and oxygen atoms in total. The topological polar surface area (TPSA) is 74.8 Å². The predicted molar refractivity (Wildman–Crippen MR) is 115 cm³/mol. The molecule has 2 aromatic carbocycles. The molecule has 160 valence electrons. The van der Waals surface area contributed by atoms with Crippen molar-refractivity contribution in [1.29, 1.82) is 0 Å². The molecule has 3 aromatic rings. The van der Waals surface area contributed by atoms with Crippen LogP contribution in [0.5, 0.6) is 0 Å². The molecule has 0 atom stereocenters. The molecule has 0 aliphatic carbocycles. The lowest BCUT2D eigenvalue weighted by Crippen LogP contribution is -2.50. The zero-order valence-corrected chi connectivity index (χ0v) is 18.0. The summed E-state index contributed by atoms with van der Waals surface area (Å²) in [6.45, 7) is 0.529. The average Bonchev–Trinajstić information content (AvgIpc) is 3.33. The second-order valence-electron chi connectivity index (χ2n) is 7.01. The molecule has 0 unspecified atom stereocenters. The van der Waals surface area contributed by atoms with Gasteiger partial charge in [0.1, 0.15) is 5.82 Å². The lowest BCUT2D eigenvalue weighted by Gasteiger charge is -2.34. The second-order valence-corrected chi connectivity index (χ2v) is 9.89. The van der Waals surface area contributed by atoms with E-state index in [2.05, 4.69) is 0 Å². The van der Waals surface area contributed by atoms with Gasteiger partial charge in [0.15, 0.2) is 0 Å². The molecule has 9 heteroatoms. The highest BCUT2D eigenvalue weighted by Gasteiger charge is 2.31. The van der Waals surface area contributed by atoms with Crippen molar-refractivity contribution in [3.05, 3.63) is 87.9 Å². The zero-order valence-electron chi connectivity index (χ0n) is 16.4. The summed E-state index contributed by atoms with van der Waals surface area (Å²) in [5.74, 6) is -1.16. The van der Waals surface area contributed by atoms with Gasteiger partial charge in [-0.15, -0.1) is 11.3 Å². The molecular formula is C22H19FN2O4S2. The van der Waals surface area contributed by atoms with Crippen LogP contribution in [0, 0.1) is 5.82 Å². The summed E-state index contributed by atoms with van der Waals surface area (Å²) in [5.41, 5.74) is 0.618. The molecule has 1 aliphatic rings. The molecule has 4 rings (SSSR count). The van der Waals surface area contributed by atoms with Crippen LogP contribution in [0.15, 0.2) is 70.9 Å². The molecule has 0 bridgehead atoms.